The Morgan fingerprint density at radius 2 is 1.83 bits per heavy atom. The molecule has 0 radical (unpaired) electrons. The van der Waals surface area contributed by atoms with Crippen LogP contribution < -0.4 is 9.47 Å². The number of fused-ring (bicyclic) bond motifs is 1. The van der Waals surface area contributed by atoms with Gasteiger partial charge in [-0.25, -0.2) is 0 Å². The summed E-state index contributed by atoms with van der Waals surface area (Å²) in [6.45, 7) is 3.02. The fraction of sp³-hybridized carbons (Fsp3) is 0.211. The third kappa shape index (κ3) is 3.68. The molecule has 124 valence electrons. The van der Waals surface area contributed by atoms with E-state index < -0.39 is 5.97 Å². The number of carboxylic acids is 1. The van der Waals surface area contributed by atoms with Crippen molar-refractivity contribution in [2.75, 3.05) is 6.61 Å². The molecule has 1 heterocycles. The maximum Gasteiger partial charge on any atom is 0.307 e. The Labute approximate surface area is 139 Å². The Morgan fingerprint density at radius 1 is 1.08 bits per heavy atom. The van der Waals surface area contributed by atoms with Gasteiger partial charge in [-0.1, -0.05) is 12.1 Å². The standard InChI is InChI=1S/C19H18O5/c1-2-22-15-5-3-13(4-6-15)11-23-16-7-8-17-14(9-19(20)21)12-24-18(17)10-16/h3-8,10,12H,2,9,11H2,1H3,(H,20,21). The van der Waals surface area contributed by atoms with Gasteiger partial charge < -0.3 is 19.0 Å². The monoisotopic (exact) mass is 326 g/mol. The van der Waals surface area contributed by atoms with Crippen molar-refractivity contribution in [1.29, 1.82) is 0 Å². The topological polar surface area (TPSA) is 68.9 Å². The average molecular weight is 326 g/mol. The lowest BCUT2D eigenvalue weighted by Gasteiger charge is -2.08. The van der Waals surface area contributed by atoms with E-state index in [1.807, 2.05) is 43.3 Å². The maximum absolute atomic E-state index is 10.8. The molecule has 5 heteroatoms. The van der Waals surface area contributed by atoms with Crippen molar-refractivity contribution in [3.05, 3.63) is 59.9 Å². The van der Waals surface area contributed by atoms with E-state index in [1.54, 1.807) is 6.07 Å². The highest BCUT2D eigenvalue weighted by Gasteiger charge is 2.10. The lowest BCUT2D eigenvalue weighted by molar-refractivity contribution is -0.136. The lowest BCUT2D eigenvalue weighted by atomic mass is 10.1. The van der Waals surface area contributed by atoms with Crippen molar-refractivity contribution in [3.8, 4) is 11.5 Å². The molecule has 0 unspecified atom stereocenters. The summed E-state index contributed by atoms with van der Waals surface area (Å²) >= 11 is 0. The zero-order valence-electron chi connectivity index (χ0n) is 13.3. The fourth-order valence-electron chi connectivity index (χ4n) is 2.47. The molecule has 5 nitrogen and oxygen atoms in total. The van der Waals surface area contributed by atoms with Gasteiger partial charge in [0.2, 0.25) is 0 Å². The van der Waals surface area contributed by atoms with Gasteiger partial charge in [-0.2, -0.15) is 0 Å². The molecule has 0 amide bonds. The Bertz CT molecular complexity index is 833. The van der Waals surface area contributed by atoms with Crippen LogP contribution in [0.15, 0.2) is 53.1 Å². The Kier molecular flexibility index (Phi) is 4.70. The third-order valence-corrected chi connectivity index (χ3v) is 3.61. The molecule has 3 aromatic rings. The van der Waals surface area contributed by atoms with E-state index in [0.717, 1.165) is 16.7 Å². The van der Waals surface area contributed by atoms with Gasteiger partial charge in [0.05, 0.1) is 19.3 Å². The van der Waals surface area contributed by atoms with Gasteiger partial charge in [0.1, 0.15) is 23.7 Å². The second kappa shape index (κ2) is 7.08. The minimum Gasteiger partial charge on any atom is -0.494 e. The molecule has 0 aliphatic carbocycles. The minimum atomic E-state index is -0.881. The van der Waals surface area contributed by atoms with Crippen LogP contribution in [0.1, 0.15) is 18.1 Å². The average Bonchev–Trinajstić information content (AvgIpc) is 2.96. The molecular weight excluding hydrogens is 308 g/mol. The first kappa shape index (κ1) is 15.9. The molecule has 24 heavy (non-hydrogen) atoms. The zero-order chi connectivity index (χ0) is 16.9. The molecule has 0 fully saturated rings. The number of aliphatic carboxylic acids is 1. The largest absolute Gasteiger partial charge is 0.494 e. The van der Waals surface area contributed by atoms with Crippen LogP contribution in [0.2, 0.25) is 0 Å². The summed E-state index contributed by atoms with van der Waals surface area (Å²) in [6, 6.07) is 13.2. The van der Waals surface area contributed by atoms with Gasteiger partial charge in [-0.05, 0) is 36.8 Å². The second-order valence-corrected chi connectivity index (χ2v) is 5.36. The fourth-order valence-corrected chi connectivity index (χ4v) is 2.47. The first-order valence-electron chi connectivity index (χ1n) is 7.72. The molecule has 0 bridgehead atoms. The lowest BCUT2D eigenvalue weighted by Crippen LogP contribution is -1.99. The van der Waals surface area contributed by atoms with Crippen molar-refractivity contribution in [2.24, 2.45) is 0 Å². The summed E-state index contributed by atoms with van der Waals surface area (Å²) in [4.78, 5) is 10.8. The van der Waals surface area contributed by atoms with Crippen molar-refractivity contribution in [1.82, 2.24) is 0 Å². The van der Waals surface area contributed by atoms with E-state index in [-0.39, 0.29) is 6.42 Å². The van der Waals surface area contributed by atoms with Crippen LogP contribution in [0.3, 0.4) is 0 Å². The third-order valence-electron chi connectivity index (χ3n) is 3.61. The molecule has 0 aliphatic heterocycles. The van der Waals surface area contributed by atoms with E-state index in [2.05, 4.69) is 0 Å². The van der Waals surface area contributed by atoms with Crippen LogP contribution in [0, 0.1) is 0 Å². The number of furan rings is 1. The van der Waals surface area contributed by atoms with Crippen LogP contribution in [0.25, 0.3) is 11.0 Å². The zero-order valence-corrected chi connectivity index (χ0v) is 13.3. The predicted octanol–water partition coefficient (Wildman–Crippen LogP) is 4.04. The van der Waals surface area contributed by atoms with E-state index in [9.17, 15) is 4.79 Å². The van der Waals surface area contributed by atoms with Crippen molar-refractivity contribution >= 4 is 16.9 Å². The number of ether oxygens (including phenoxy) is 2. The molecule has 0 saturated carbocycles. The van der Waals surface area contributed by atoms with Gasteiger partial charge in [0.25, 0.3) is 0 Å². The van der Waals surface area contributed by atoms with Gasteiger partial charge in [0, 0.05) is 17.0 Å². The van der Waals surface area contributed by atoms with Crippen LogP contribution in [0.4, 0.5) is 0 Å². The summed E-state index contributed by atoms with van der Waals surface area (Å²) in [6.07, 6.45) is 1.43. The number of rotatable bonds is 7. The molecule has 1 N–H and O–H groups in total. The molecular formula is C19H18O5. The molecule has 0 aliphatic rings. The molecule has 3 rings (SSSR count). The minimum absolute atomic E-state index is 0.0562. The number of hydrogen-bond acceptors (Lipinski definition) is 4. The van der Waals surface area contributed by atoms with Crippen molar-refractivity contribution in [3.63, 3.8) is 0 Å². The smallest absolute Gasteiger partial charge is 0.307 e. The normalized spacial score (nSPS) is 10.7. The molecule has 0 saturated heterocycles. The quantitative estimate of drug-likeness (QED) is 0.709. The first-order valence-corrected chi connectivity index (χ1v) is 7.72. The molecule has 2 aromatic carbocycles. The summed E-state index contributed by atoms with van der Waals surface area (Å²) < 4.78 is 16.6. The van der Waals surface area contributed by atoms with Crippen LogP contribution in [-0.2, 0) is 17.8 Å². The van der Waals surface area contributed by atoms with Gasteiger partial charge >= 0.3 is 5.97 Å². The SMILES string of the molecule is CCOc1ccc(COc2ccc3c(CC(=O)O)coc3c2)cc1. The number of carboxylic acid groups (broad SMARTS) is 1. The number of hydrogen-bond donors (Lipinski definition) is 1. The maximum atomic E-state index is 10.8. The van der Waals surface area contributed by atoms with Gasteiger partial charge in [-0.15, -0.1) is 0 Å². The van der Waals surface area contributed by atoms with Crippen LogP contribution in [-0.4, -0.2) is 17.7 Å². The molecule has 0 atom stereocenters. The Morgan fingerprint density at radius 3 is 2.54 bits per heavy atom. The van der Waals surface area contributed by atoms with Gasteiger partial charge in [-0.3, -0.25) is 4.79 Å². The highest BCUT2D eigenvalue weighted by Crippen LogP contribution is 2.26. The summed E-state index contributed by atoms with van der Waals surface area (Å²) in [7, 11) is 0. The van der Waals surface area contributed by atoms with Gasteiger partial charge in [0.15, 0.2) is 0 Å². The highest BCUT2D eigenvalue weighted by molar-refractivity contribution is 5.86. The van der Waals surface area contributed by atoms with E-state index in [1.165, 1.54) is 6.26 Å². The van der Waals surface area contributed by atoms with E-state index in [0.29, 0.717) is 30.1 Å². The molecule has 0 spiro atoms. The van der Waals surface area contributed by atoms with Crippen LogP contribution >= 0.6 is 0 Å². The molecule has 1 aromatic heterocycles. The second-order valence-electron chi connectivity index (χ2n) is 5.36. The summed E-state index contributed by atoms with van der Waals surface area (Å²) in [5, 5.41) is 9.68. The van der Waals surface area contributed by atoms with Crippen molar-refractivity contribution < 1.29 is 23.8 Å². The van der Waals surface area contributed by atoms with Crippen LogP contribution in [0.5, 0.6) is 11.5 Å². The Balaban J connectivity index is 1.68. The predicted molar refractivity (Wildman–Crippen MR) is 89.5 cm³/mol. The number of carbonyl (C=O) groups is 1. The highest BCUT2D eigenvalue weighted by atomic mass is 16.5. The first-order chi connectivity index (χ1) is 11.7. The number of benzene rings is 2. The van der Waals surface area contributed by atoms with E-state index >= 15 is 0 Å². The van der Waals surface area contributed by atoms with Crippen molar-refractivity contribution in [2.45, 2.75) is 20.0 Å². The summed E-state index contributed by atoms with van der Waals surface area (Å²) in [5.41, 5.74) is 2.32. The summed E-state index contributed by atoms with van der Waals surface area (Å²) in [5.74, 6) is 0.630. The Hall–Kier alpha value is -2.95. The van der Waals surface area contributed by atoms with E-state index in [4.69, 9.17) is 19.0 Å².